The molecule has 1 aliphatic carbocycles. The number of nitrogens with one attached hydrogen (secondary N) is 2. The lowest BCUT2D eigenvalue weighted by Crippen LogP contribution is -2.23. The Hall–Kier alpha value is -3.87. The molecule has 0 aliphatic heterocycles. The molecule has 0 radical (unpaired) electrons. The highest BCUT2D eigenvalue weighted by Crippen LogP contribution is 2.30. The van der Waals surface area contributed by atoms with Crippen LogP contribution in [0.3, 0.4) is 0 Å². The van der Waals surface area contributed by atoms with Crippen LogP contribution in [0.25, 0.3) is 0 Å². The summed E-state index contributed by atoms with van der Waals surface area (Å²) < 4.78 is 11.0. The molecule has 2 amide bonds. The minimum absolute atomic E-state index is 0.262. The molecule has 0 unspecified atom stereocenters. The van der Waals surface area contributed by atoms with Crippen molar-refractivity contribution in [3.05, 3.63) is 88.4 Å². The largest absolute Gasteiger partial charge is 0.497 e. The van der Waals surface area contributed by atoms with Gasteiger partial charge in [-0.3, -0.25) is 9.59 Å². The van der Waals surface area contributed by atoms with Crippen LogP contribution in [0.4, 0.5) is 0 Å². The third-order valence-electron chi connectivity index (χ3n) is 5.47. The molecule has 0 saturated heterocycles. The molecule has 0 spiro atoms. The molecule has 0 atom stereocenters. The quantitative estimate of drug-likeness (QED) is 0.577. The fourth-order valence-electron chi connectivity index (χ4n) is 3.78. The predicted octanol–water partition coefficient (Wildman–Crippen LogP) is 4.00. The van der Waals surface area contributed by atoms with E-state index >= 15 is 0 Å². The van der Waals surface area contributed by atoms with E-state index in [4.69, 9.17) is 9.15 Å². The number of ether oxygens (including phenoxy) is 1. The maximum absolute atomic E-state index is 12.7. The van der Waals surface area contributed by atoms with E-state index in [1.807, 2.05) is 37.3 Å². The Morgan fingerprint density at radius 1 is 1.03 bits per heavy atom. The topological polar surface area (TPSA) is 92.9 Å². The van der Waals surface area contributed by atoms with Crippen LogP contribution in [-0.4, -0.2) is 24.6 Å². The molecule has 0 fully saturated rings. The molecule has 2 N–H and O–H groups in total. The van der Waals surface area contributed by atoms with Gasteiger partial charge in [0.05, 0.1) is 12.8 Å². The van der Waals surface area contributed by atoms with Gasteiger partial charge in [-0.2, -0.15) is 5.10 Å². The smallest absolute Gasteiger partial charge is 0.287 e. The number of carbonyl (C=O) groups is 2. The first-order valence-electron chi connectivity index (χ1n) is 10.5. The van der Waals surface area contributed by atoms with Gasteiger partial charge >= 0.3 is 0 Å². The summed E-state index contributed by atoms with van der Waals surface area (Å²) in [6.45, 7) is 2.27. The van der Waals surface area contributed by atoms with Crippen molar-refractivity contribution >= 4 is 17.5 Å². The highest BCUT2D eigenvalue weighted by Gasteiger charge is 2.28. The van der Waals surface area contributed by atoms with Crippen LogP contribution in [0.5, 0.6) is 5.75 Å². The Labute approximate surface area is 186 Å². The first kappa shape index (κ1) is 21.4. The van der Waals surface area contributed by atoms with Crippen molar-refractivity contribution in [2.24, 2.45) is 5.10 Å². The monoisotopic (exact) mass is 431 g/mol. The standard InChI is InChI=1S/C25H25N3O4/c1-16-22-20(27-28-24(29)18-11-13-19(31-2)14-12-18)9-6-10-21(22)32-23(16)25(30)26-15-17-7-4-3-5-8-17/h3-5,7-8,11-14H,6,9-10,15H2,1-2H3,(H,26,30)(H,28,29)/b27-20+. The number of aryl methyl sites for hydroxylation is 1. The molecular weight excluding hydrogens is 406 g/mol. The van der Waals surface area contributed by atoms with Crippen LogP contribution in [-0.2, 0) is 13.0 Å². The van der Waals surface area contributed by atoms with Crippen molar-refractivity contribution in [1.82, 2.24) is 10.7 Å². The minimum Gasteiger partial charge on any atom is -0.497 e. The van der Waals surface area contributed by atoms with Crippen LogP contribution < -0.4 is 15.5 Å². The summed E-state index contributed by atoms with van der Waals surface area (Å²) in [5.74, 6) is 1.13. The van der Waals surface area contributed by atoms with Crippen molar-refractivity contribution in [3.63, 3.8) is 0 Å². The summed E-state index contributed by atoms with van der Waals surface area (Å²) in [6.07, 6.45) is 2.26. The van der Waals surface area contributed by atoms with Gasteiger partial charge in [0.25, 0.3) is 11.8 Å². The van der Waals surface area contributed by atoms with E-state index in [0.717, 1.165) is 41.0 Å². The van der Waals surface area contributed by atoms with E-state index in [1.54, 1.807) is 31.4 Å². The summed E-state index contributed by atoms with van der Waals surface area (Å²) in [4.78, 5) is 25.2. The summed E-state index contributed by atoms with van der Waals surface area (Å²) in [6, 6.07) is 16.5. The average Bonchev–Trinajstić information content (AvgIpc) is 3.19. The van der Waals surface area contributed by atoms with Crippen molar-refractivity contribution in [1.29, 1.82) is 0 Å². The van der Waals surface area contributed by atoms with Gasteiger partial charge in [-0.15, -0.1) is 0 Å². The highest BCUT2D eigenvalue weighted by molar-refractivity contribution is 6.07. The Morgan fingerprint density at radius 2 is 1.78 bits per heavy atom. The van der Waals surface area contributed by atoms with Crippen LogP contribution in [0.1, 0.15) is 56.2 Å². The molecule has 32 heavy (non-hydrogen) atoms. The summed E-state index contributed by atoms with van der Waals surface area (Å²) in [5.41, 5.74) is 6.39. The van der Waals surface area contributed by atoms with Crippen molar-refractivity contribution < 1.29 is 18.7 Å². The van der Waals surface area contributed by atoms with Gasteiger partial charge in [-0.05, 0) is 49.6 Å². The molecule has 7 heteroatoms. The van der Waals surface area contributed by atoms with E-state index in [-0.39, 0.29) is 11.8 Å². The maximum Gasteiger partial charge on any atom is 0.287 e. The van der Waals surface area contributed by atoms with E-state index in [9.17, 15) is 9.59 Å². The van der Waals surface area contributed by atoms with Gasteiger partial charge in [0, 0.05) is 29.7 Å². The Kier molecular flexibility index (Phi) is 6.35. The summed E-state index contributed by atoms with van der Waals surface area (Å²) in [5, 5.41) is 7.27. The molecule has 3 aromatic rings. The number of hydrogen-bond donors (Lipinski definition) is 2. The molecule has 4 rings (SSSR count). The number of furan rings is 1. The summed E-state index contributed by atoms with van der Waals surface area (Å²) >= 11 is 0. The number of hydrogen-bond acceptors (Lipinski definition) is 5. The van der Waals surface area contributed by atoms with Gasteiger partial charge in [0.2, 0.25) is 0 Å². The zero-order valence-corrected chi connectivity index (χ0v) is 18.1. The van der Waals surface area contributed by atoms with Crippen molar-refractivity contribution in [2.45, 2.75) is 32.7 Å². The van der Waals surface area contributed by atoms with Crippen LogP contribution in [0, 0.1) is 6.92 Å². The normalized spacial score (nSPS) is 14.0. The van der Waals surface area contributed by atoms with E-state index in [2.05, 4.69) is 15.8 Å². The lowest BCUT2D eigenvalue weighted by molar-refractivity contribution is 0.0919. The lowest BCUT2D eigenvalue weighted by atomic mass is 9.93. The first-order chi connectivity index (χ1) is 15.6. The third kappa shape index (κ3) is 4.56. The predicted molar refractivity (Wildman–Crippen MR) is 121 cm³/mol. The number of carbonyl (C=O) groups excluding carboxylic acids is 2. The number of nitrogens with zero attached hydrogens (tertiary/aromatic N) is 1. The molecule has 2 aromatic carbocycles. The molecule has 164 valence electrons. The van der Waals surface area contributed by atoms with E-state index in [1.165, 1.54) is 0 Å². The van der Waals surface area contributed by atoms with E-state index < -0.39 is 0 Å². The molecular formula is C25H25N3O4. The number of methoxy groups -OCH3 is 1. The molecule has 1 aromatic heterocycles. The number of amides is 2. The number of hydrazone groups is 1. The molecule has 1 heterocycles. The highest BCUT2D eigenvalue weighted by atomic mass is 16.5. The van der Waals surface area contributed by atoms with Gasteiger partial charge in [-0.25, -0.2) is 5.43 Å². The number of benzene rings is 2. The average molecular weight is 431 g/mol. The molecule has 1 aliphatic rings. The second-order valence-electron chi connectivity index (χ2n) is 7.60. The van der Waals surface area contributed by atoms with Crippen LogP contribution in [0.15, 0.2) is 64.1 Å². The van der Waals surface area contributed by atoms with Crippen molar-refractivity contribution in [3.8, 4) is 5.75 Å². The second-order valence-corrected chi connectivity index (χ2v) is 7.60. The maximum atomic E-state index is 12.7. The van der Waals surface area contributed by atoms with Gasteiger partial charge in [0.1, 0.15) is 11.5 Å². The fourth-order valence-corrected chi connectivity index (χ4v) is 3.78. The fraction of sp³-hybridized carbons (Fsp3) is 0.240. The number of fused-ring (bicyclic) bond motifs is 1. The Bertz CT molecular complexity index is 1150. The summed E-state index contributed by atoms with van der Waals surface area (Å²) in [7, 11) is 1.57. The third-order valence-corrected chi connectivity index (χ3v) is 5.47. The molecule has 0 bridgehead atoms. The zero-order valence-electron chi connectivity index (χ0n) is 18.1. The van der Waals surface area contributed by atoms with Crippen molar-refractivity contribution in [2.75, 3.05) is 7.11 Å². The molecule has 0 saturated carbocycles. The Morgan fingerprint density at radius 3 is 2.50 bits per heavy atom. The second kappa shape index (κ2) is 9.51. The lowest BCUT2D eigenvalue weighted by Gasteiger charge is -2.13. The Balaban J connectivity index is 1.49. The first-order valence-corrected chi connectivity index (χ1v) is 10.5. The minimum atomic E-state index is -0.311. The van der Waals surface area contributed by atoms with Crippen LogP contribution >= 0.6 is 0 Å². The molecule has 7 nitrogen and oxygen atoms in total. The number of rotatable bonds is 6. The SMILES string of the molecule is COc1ccc(C(=O)N/N=C2\CCCc3oc(C(=O)NCc4ccccc4)c(C)c32)cc1. The van der Waals surface area contributed by atoms with Crippen LogP contribution in [0.2, 0.25) is 0 Å². The van der Waals surface area contributed by atoms with Gasteiger partial charge < -0.3 is 14.5 Å². The van der Waals surface area contributed by atoms with Gasteiger partial charge in [0.15, 0.2) is 5.76 Å². The van der Waals surface area contributed by atoms with E-state index in [0.29, 0.717) is 30.0 Å². The van der Waals surface area contributed by atoms with Gasteiger partial charge in [-0.1, -0.05) is 30.3 Å². The zero-order chi connectivity index (χ0) is 22.5.